The van der Waals surface area contributed by atoms with Crippen LogP contribution in [-0.2, 0) is 11.2 Å². The molecule has 150 valence electrons. The molecule has 1 aromatic heterocycles. The minimum Gasteiger partial charge on any atom is -0.339 e. The number of hydrogen-bond acceptors (Lipinski definition) is 3. The molecule has 1 atom stereocenters. The number of aromatic nitrogens is 1. The summed E-state index contributed by atoms with van der Waals surface area (Å²) < 4.78 is 28.5. The molecule has 0 fully saturated rings. The van der Waals surface area contributed by atoms with Crippen molar-refractivity contribution < 1.29 is 18.4 Å². The highest BCUT2D eigenvalue weighted by molar-refractivity contribution is 5.97. The van der Waals surface area contributed by atoms with E-state index in [1.807, 2.05) is 6.08 Å². The molecule has 2 aromatic rings. The predicted molar refractivity (Wildman–Crippen MR) is 104 cm³/mol. The first-order valence-electron chi connectivity index (χ1n) is 9.62. The number of pyridine rings is 1. The summed E-state index contributed by atoms with van der Waals surface area (Å²) in [7, 11) is 0. The van der Waals surface area contributed by atoms with E-state index in [1.54, 1.807) is 35.2 Å². The van der Waals surface area contributed by atoms with Crippen LogP contribution in [0.15, 0.2) is 48.7 Å². The lowest BCUT2D eigenvalue weighted by molar-refractivity contribution is -0.131. The van der Waals surface area contributed by atoms with E-state index < -0.39 is 17.6 Å². The average molecular weight is 397 g/mol. The normalized spacial score (nSPS) is 21.2. The van der Waals surface area contributed by atoms with Crippen molar-refractivity contribution in [2.24, 2.45) is 0 Å². The number of amides is 2. The summed E-state index contributed by atoms with van der Waals surface area (Å²) in [4.78, 5) is 29.9. The number of halogens is 2. The lowest BCUT2D eigenvalue weighted by Gasteiger charge is -2.33. The molecule has 2 aliphatic rings. The number of rotatable bonds is 4. The number of benzene rings is 1. The quantitative estimate of drug-likeness (QED) is 0.636. The number of alkyl halides is 1. The molecule has 29 heavy (non-hydrogen) atoms. The molecule has 0 saturated carbocycles. The van der Waals surface area contributed by atoms with Crippen molar-refractivity contribution >= 4 is 17.4 Å². The SMILES string of the molecule is O=C1NC(F)(CCC(=O)N2CC=C(c3ccnc(F)c3)CC2)Cc2ccccc21. The lowest BCUT2D eigenvalue weighted by Crippen LogP contribution is -2.51. The van der Waals surface area contributed by atoms with E-state index in [0.717, 1.165) is 11.1 Å². The van der Waals surface area contributed by atoms with Gasteiger partial charge in [0.25, 0.3) is 5.91 Å². The maximum Gasteiger partial charge on any atom is 0.253 e. The van der Waals surface area contributed by atoms with Crippen molar-refractivity contribution in [3.63, 3.8) is 0 Å². The minimum atomic E-state index is -1.92. The zero-order valence-corrected chi connectivity index (χ0v) is 15.8. The Morgan fingerprint density at radius 1 is 1.28 bits per heavy atom. The molecule has 7 heteroatoms. The standard InChI is InChI=1S/C22H21F2N3O2/c23-19-13-16(6-10-25-19)15-7-11-27(12-8-15)20(28)5-9-22(24)14-17-3-1-2-4-18(17)21(29)26-22/h1-4,6-7,10,13H,5,8-9,11-12,14H2,(H,26,29). The smallest absolute Gasteiger partial charge is 0.253 e. The molecule has 1 N–H and O–H groups in total. The first kappa shape index (κ1) is 19.2. The number of carbonyl (C=O) groups excluding carboxylic acids is 2. The number of nitrogens with one attached hydrogen (secondary N) is 1. The molecule has 2 aliphatic heterocycles. The van der Waals surface area contributed by atoms with Gasteiger partial charge < -0.3 is 10.2 Å². The first-order chi connectivity index (χ1) is 13.9. The van der Waals surface area contributed by atoms with Crippen molar-refractivity contribution in [2.45, 2.75) is 31.5 Å². The second-order valence-corrected chi connectivity index (χ2v) is 7.44. The summed E-state index contributed by atoms with van der Waals surface area (Å²) in [6, 6.07) is 10.0. The van der Waals surface area contributed by atoms with Crippen LogP contribution in [-0.4, -0.2) is 40.6 Å². The highest BCUT2D eigenvalue weighted by Gasteiger charge is 2.38. The topological polar surface area (TPSA) is 62.3 Å². The maximum atomic E-state index is 15.2. The highest BCUT2D eigenvalue weighted by atomic mass is 19.1. The fourth-order valence-electron chi connectivity index (χ4n) is 3.89. The van der Waals surface area contributed by atoms with Gasteiger partial charge in [0.2, 0.25) is 11.9 Å². The van der Waals surface area contributed by atoms with Crippen LogP contribution < -0.4 is 5.32 Å². The average Bonchev–Trinajstić information content (AvgIpc) is 2.72. The number of fused-ring (bicyclic) bond motifs is 1. The predicted octanol–water partition coefficient (Wildman–Crippen LogP) is 3.27. The van der Waals surface area contributed by atoms with Crippen LogP contribution in [0.5, 0.6) is 0 Å². The minimum absolute atomic E-state index is 0.00596. The molecule has 4 rings (SSSR count). The van der Waals surface area contributed by atoms with E-state index in [9.17, 15) is 14.0 Å². The van der Waals surface area contributed by atoms with Crippen molar-refractivity contribution in [3.8, 4) is 0 Å². The Bertz CT molecular complexity index is 992. The third kappa shape index (κ3) is 4.18. The second kappa shape index (κ2) is 7.73. The van der Waals surface area contributed by atoms with Crippen molar-refractivity contribution in [1.82, 2.24) is 15.2 Å². The zero-order chi connectivity index (χ0) is 20.4. The molecule has 0 spiro atoms. The fraction of sp³-hybridized carbons (Fsp3) is 0.318. The van der Waals surface area contributed by atoms with Crippen LogP contribution in [0.2, 0.25) is 0 Å². The Morgan fingerprint density at radius 2 is 2.10 bits per heavy atom. The Kier molecular flexibility index (Phi) is 5.13. The Labute approximate surface area is 167 Å². The molecule has 0 bridgehead atoms. The number of carbonyl (C=O) groups is 2. The Hall–Kier alpha value is -3.09. The molecule has 1 aromatic carbocycles. The van der Waals surface area contributed by atoms with Crippen molar-refractivity contribution in [1.29, 1.82) is 0 Å². The molecular formula is C22H21F2N3O2. The van der Waals surface area contributed by atoms with Crippen LogP contribution in [0, 0.1) is 5.95 Å². The maximum absolute atomic E-state index is 15.2. The van der Waals surface area contributed by atoms with E-state index in [1.165, 1.54) is 12.3 Å². The van der Waals surface area contributed by atoms with Gasteiger partial charge in [-0.3, -0.25) is 9.59 Å². The fourth-order valence-corrected chi connectivity index (χ4v) is 3.89. The van der Waals surface area contributed by atoms with Crippen LogP contribution in [0.25, 0.3) is 5.57 Å². The van der Waals surface area contributed by atoms with Gasteiger partial charge >= 0.3 is 0 Å². The highest BCUT2D eigenvalue weighted by Crippen LogP contribution is 2.29. The van der Waals surface area contributed by atoms with Crippen LogP contribution in [0.3, 0.4) is 0 Å². The van der Waals surface area contributed by atoms with E-state index in [0.29, 0.717) is 30.6 Å². The Morgan fingerprint density at radius 3 is 2.86 bits per heavy atom. The molecule has 5 nitrogen and oxygen atoms in total. The van der Waals surface area contributed by atoms with Gasteiger partial charge in [-0.25, -0.2) is 9.37 Å². The van der Waals surface area contributed by atoms with E-state index in [2.05, 4.69) is 10.3 Å². The third-order valence-corrected chi connectivity index (χ3v) is 5.46. The summed E-state index contributed by atoms with van der Waals surface area (Å²) in [6.07, 6.45) is 3.89. The van der Waals surface area contributed by atoms with Gasteiger partial charge in [0, 0.05) is 50.2 Å². The monoisotopic (exact) mass is 397 g/mol. The molecule has 3 heterocycles. The lowest BCUT2D eigenvalue weighted by atomic mass is 9.91. The van der Waals surface area contributed by atoms with E-state index >= 15 is 4.39 Å². The van der Waals surface area contributed by atoms with Crippen LogP contribution in [0.1, 0.15) is 40.7 Å². The van der Waals surface area contributed by atoms with E-state index in [-0.39, 0.29) is 25.2 Å². The van der Waals surface area contributed by atoms with Crippen LogP contribution >= 0.6 is 0 Å². The van der Waals surface area contributed by atoms with Crippen LogP contribution in [0.4, 0.5) is 8.78 Å². The van der Waals surface area contributed by atoms with Crippen molar-refractivity contribution in [3.05, 3.63) is 71.3 Å². The Balaban J connectivity index is 1.35. The van der Waals surface area contributed by atoms with Gasteiger partial charge in [-0.1, -0.05) is 24.3 Å². The van der Waals surface area contributed by atoms with Crippen molar-refractivity contribution in [2.75, 3.05) is 13.1 Å². The number of hydrogen-bond donors (Lipinski definition) is 1. The van der Waals surface area contributed by atoms with Gasteiger partial charge in [0.05, 0.1) is 0 Å². The molecule has 2 amide bonds. The molecule has 0 radical (unpaired) electrons. The van der Waals surface area contributed by atoms with Gasteiger partial charge in [-0.15, -0.1) is 0 Å². The number of nitrogens with zero attached hydrogens (tertiary/aromatic N) is 2. The van der Waals surface area contributed by atoms with Gasteiger partial charge in [0.1, 0.15) is 0 Å². The summed E-state index contributed by atoms with van der Waals surface area (Å²) in [5.41, 5.74) is 2.86. The molecule has 0 saturated heterocycles. The van der Waals surface area contributed by atoms with Gasteiger partial charge in [0.15, 0.2) is 5.79 Å². The van der Waals surface area contributed by atoms with Gasteiger partial charge in [-0.05, 0) is 35.3 Å². The second-order valence-electron chi connectivity index (χ2n) is 7.44. The summed E-state index contributed by atoms with van der Waals surface area (Å²) >= 11 is 0. The summed E-state index contributed by atoms with van der Waals surface area (Å²) in [5, 5.41) is 2.41. The first-order valence-corrected chi connectivity index (χ1v) is 9.62. The zero-order valence-electron chi connectivity index (χ0n) is 15.8. The van der Waals surface area contributed by atoms with Gasteiger partial charge in [-0.2, -0.15) is 4.39 Å². The molecule has 1 unspecified atom stereocenters. The largest absolute Gasteiger partial charge is 0.339 e. The summed E-state index contributed by atoms with van der Waals surface area (Å²) in [6.45, 7) is 0.885. The van der Waals surface area contributed by atoms with E-state index in [4.69, 9.17) is 0 Å². The third-order valence-electron chi connectivity index (χ3n) is 5.46. The summed E-state index contributed by atoms with van der Waals surface area (Å²) in [5.74, 6) is -3.07. The molecular weight excluding hydrogens is 376 g/mol. The molecule has 0 aliphatic carbocycles.